The average molecular weight is 206 g/mol. The van der Waals surface area contributed by atoms with E-state index in [-0.39, 0.29) is 11.9 Å². The van der Waals surface area contributed by atoms with Crippen LogP contribution in [0.3, 0.4) is 0 Å². The normalized spacial score (nSPS) is 26.1. The highest BCUT2D eigenvalue weighted by atomic mass is 16.5. The van der Waals surface area contributed by atoms with Gasteiger partial charge in [-0.25, -0.2) is 0 Å². The Morgan fingerprint density at radius 1 is 1.53 bits per heavy atom. The third-order valence-electron chi connectivity index (χ3n) is 3.20. The minimum atomic E-state index is -0.0265. The van der Waals surface area contributed by atoms with E-state index >= 15 is 0 Å². The van der Waals surface area contributed by atoms with Gasteiger partial charge in [-0.2, -0.15) is 0 Å². The van der Waals surface area contributed by atoms with Gasteiger partial charge in [0.2, 0.25) is 0 Å². The Morgan fingerprint density at radius 2 is 2.33 bits per heavy atom. The highest BCUT2D eigenvalue weighted by molar-refractivity contribution is 5.74. The molecule has 1 unspecified atom stereocenters. The van der Waals surface area contributed by atoms with Crippen LogP contribution in [-0.4, -0.2) is 12.6 Å². The first-order chi connectivity index (χ1) is 7.25. The SMILES string of the molecule is C=C1CC(C(=O)OCC2C=CCCC2)C1. The molecule has 0 amide bonds. The monoisotopic (exact) mass is 206 g/mol. The first-order valence-electron chi connectivity index (χ1n) is 5.75. The lowest BCUT2D eigenvalue weighted by molar-refractivity contribution is -0.151. The summed E-state index contributed by atoms with van der Waals surface area (Å²) in [5.74, 6) is 0.525. The predicted octanol–water partition coefficient (Wildman–Crippen LogP) is 2.85. The summed E-state index contributed by atoms with van der Waals surface area (Å²) in [5, 5.41) is 0. The fourth-order valence-corrected chi connectivity index (χ4v) is 2.13. The summed E-state index contributed by atoms with van der Waals surface area (Å²) in [6, 6.07) is 0. The van der Waals surface area contributed by atoms with E-state index in [1.807, 2.05) is 0 Å². The summed E-state index contributed by atoms with van der Waals surface area (Å²) < 4.78 is 5.30. The summed E-state index contributed by atoms with van der Waals surface area (Å²) in [6.07, 6.45) is 9.58. The van der Waals surface area contributed by atoms with Gasteiger partial charge in [0.25, 0.3) is 0 Å². The molecule has 0 aromatic heterocycles. The first-order valence-corrected chi connectivity index (χ1v) is 5.75. The van der Waals surface area contributed by atoms with E-state index in [0.717, 1.165) is 19.3 Å². The van der Waals surface area contributed by atoms with Crippen molar-refractivity contribution in [3.05, 3.63) is 24.3 Å². The van der Waals surface area contributed by atoms with Crippen molar-refractivity contribution >= 4 is 5.97 Å². The number of hydrogen-bond donors (Lipinski definition) is 0. The lowest BCUT2D eigenvalue weighted by Crippen LogP contribution is -2.27. The molecule has 0 aromatic carbocycles. The fourth-order valence-electron chi connectivity index (χ4n) is 2.13. The van der Waals surface area contributed by atoms with Crippen LogP contribution in [0, 0.1) is 11.8 Å². The molecule has 82 valence electrons. The van der Waals surface area contributed by atoms with Crippen LogP contribution in [0.1, 0.15) is 32.1 Å². The van der Waals surface area contributed by atoms with Gasteiger partial charge in [-0.3, -0.25) is 4.79 Å². The lowest BCUT2D eigenvalue weighted by atomic mass is 9.81. The summed E-state index contributed by atoms with van der Waals surface area (Å²) >= 11 is 0. The van der Waals surface area contributed by atoms with Crippen LogP contribution in [0.5, 0.6) is 0 Å². The van der Waals surface area contributed by atoms with E-state index in [1.165, 1.54) is 18.4 Å². The van der Waals surface area contributed by atoms with E-state index in [4.69, 9.17) is 4.74 Å². The molecule has 1 saturated carbocycles. The zero-order valence-corrected chi connectivity index (χ0v) is 9.08. The molecule has 0 N–H and O–H groups in total. The molecule has 1 fully saturated rings. The molecule has 0 spiro atoms. The van der Waals surface area contributed by atoms with Gasteiger partial charge in [0.1, 0.15) is 0 Å². The molecule has 2 aliphatic carbocycles. The standard InChI is InChI=1S/C13H18O2/c1-10-7-12(8-10)13(14)15-9-11-5-3-2-4-6-11/h3,5,11-12H,1-2,4,6-9H2. The number of esters is 1. The van der Waals surface area contributed by atoms with Crippen molar-refractivity contribution in [3.8, 4) is 0 Å². The van der Waals surface area contributed by atoms with Crippen molar-refractivity contribution in [2.24, 2.45) is 11.8 Å². The third-order valence-corrected chi connectivity index (χ3v) is 3.20. The van der Waals surface area contributed by atoms with E-state index < -0.39 is 0 Å². The highest BCUT2D eigenvalue weighted by Crippen LogP contribution is 2.32. The first kappa shape index (κ1) is 10.5. The third kappa shape index (κ3) is 2.71. The molecule has 2 heteroatoms. The van der Waals surface area contributed by atoms with Crippen LogP contribution in [0.25, 0.3) is 0 Å². The van der Waals surface area contributed by atoms with Gasteiger partial charge in [0, 0.05) is 5.92 Å². The van der Waals surface area contributed by atoms with Crippen molar-refractivity contribution < 1.29 is 9.53 Å². The van der Waals surface area contributed by atoms with Crippen molar-refractivity contribution in [2.75, 3.05) is 6.61 Å². The molecule has 0 bridgehead atoms. The van der Waals surface area contributed by atoms with E-state index in [1.54, 1.807) is 0 Å². The zero-order valence-electron chi connectivity index (χ0n) is 9.08. The van der Waals surface area contributed by atoms with Crippen LogP contribution in [0.15, 0.2) is 24.3 Å². The second-order valence-corrected chi connectivity index (χ2v) is 4.60. The zero-order chi connectivity index (χ0) is 10.7. The molecule has 2 aliphatic rings. The second kappa shape index (κ2) is 4.65. The Balaban J connectivity index is 1.68. The molecule has 1 atom stereocenters. The molecular formula is C13H18O2. The molecule has 2 nitrogen and oxygen atoms in total. The van der Waals surface area contributed by atoms with Gasteiger partial charge in [-0.1, -0.05) is 24.3 Å². The maximum atomic E-state index is 11.5. The van der Waals surface area contributed by atoms with Crippen LogP contribution in [-0.2, 0) is 9.53 Å². The van der Waals surface area contributed by atoms with Crippen molar-refractivity contribution in [3.63, 3.8) is 0 Å². The second-order valence-electron chi connectivity index (χ2n) is 4.60. The highest BCUT2D eigenvalue weighted by Gasteiger charge is 2.30. The molecule has 0 aliphatic heterocycles. The minimum absolute atomic E-state index is 0.0265. The van der Waals surface area contributed by atoms with Crippen LogP contribution in [0.2, 0.25) is 0 Å². The van der Waals surface area contributed by atoms with Crippen LogP contribution in [0.4, 0.5) is 0 Å². The smallest absolute Gasteiger partial charge is 0.309 e. The van der Waals surface area contributed by atoms with E-state index in [0.29, 0.717) is 12.5 Å². The number of carbonyl (C=O) groups is 1. The van der Waals surface area contributed by atoms with Gasteiger partial charge < -0.3 is 4.74 Å². The van der Waals surface area contributed by atoms with Crippen molar-refractivity contribution in [2.45, 2.75) is 32.1 Å². The Bertz CT molecular complexity index is 283. The maximum absolute atomic E-state index is 11.5. The molecule has 0 radical (unpaired) electrons. The number of allylic oxidation sites excluding steroid dienone is 2. The van der Waals surface area contributed by atoms with Gasteiger partial charge in [-0.15, -0.1) is 0 Å². The van der Waals surface area contributed by atoms with Gasteiger partial charge in [0.05, 0.1) is 12.5 Å². The van der Waals surface area contributed by atoms with Crippen LogP contribution < -0.4 is 0 Å². The summed E-state index contributed by atoms with van der Waals surface area (Å²) in [7, 11) is 0. The Hall–Kier alpha value is -1.05. The van der Waals surface area contributed by atoms with E-state index in [2.05, 4.69) is 18.7 Å². The minimum Gasteiger partial charge on any atom is -0.465 e. The summed E-state index contributed by atoms with van der Waals surface area (Å²) in [6.45, 7) is 4.39. The van der Waals surface area contributed by atoms with Crippen molar-refractivity contribution in [1.82, 2.24) is 0 Å². The number of hydrogen-bond acceptors (Lipinski definition) is 2. The van der Waals surface area contributed by atoms with Crippen molar-refractivity contribution in [1.29, 1.82) is 0 Å². The van der Waals surface area contributed by atoms with Gasteiger partial charge >= 0.3 is 5.97 Å². The molecule has 2 rings (SSSR count). The largest absolute Gasteiger partial charge is 0.465 e. The molecular weight excluding hydrogens is 188 g/mol. The quantitative estimate of drug-likeness (QED) is 0.524. The number of ether oxygens (including phenoxy) is 1. The molecule has 0 saturated heterocycles. The Labute approximate surface area is 91.0 Å². The van der Waals surface area contributed by atoms with Gasteiger partial charge in [-0.05, 0) is 32.1 Å². The van der Waals surface area contributed by atoms with E-state index in [9.17, 15) is 4.79 Å². The topological polar surface area (TPSA) is 26.3 Å². The van der Waals surface area contributed by atoms with Gasteiger partial charge in [0.15, 0.2) is 0 Å². The Morgan fingerprint density at radius 3 is 2.93 bits per heavy atom. The van der Waals surface area contributed by atoms with Crippen LogP contribution >= 0.6 is 0 Å². The number of carbonyl (C=O) groups excluding carboxylic acids is 1. The summed E-state index contributed by atoms with van der Waals surface area (Å²) in [5.41, 5.74) is 1.18. The Kier molecular flexibility index (Phi) is 3.24. The molecule has 15 heavy (non-hydrogen) atoms. The maximum Gasteiger partial charge on any atom is 0.309 e. The fraction of sp³-hybridized carbons (Fsp3) is 0.615. The average Bonchev–Trinajstić information content (AvgIpc) is 2.23. The molecule has 0 heterocycles. The molecule has 0 aromatic rings. The summed E-state index contributed by atoms with van der Waals surface area (Å²) in [4.78, 5) is 11.5. The number of rotatable bonds is 3. The lowest BCUT2D eigenvalue weighted by Gasteiger charge is -2.27. The predicted molar refractivity (Wildman–Crippen MR) is 59.3 cm³/mol.